The molecule has 0 radical (unpaired) electrons. The van der Waals surface area contributed by atoms with E-state index in [1.165, 1.54) is 35.0 Å². The minimum atomic E-state index is -0.501. The van der Waals surface area contributed by atoms with Gasteiger partial charge in [-0.1, -0.05) is 29.8 Å². The molecule has 6 heteroatoms. The first-order valence-corrected chi connectivity index (χ1v) is 8.33. The van der Waals surface area contributed by atoms with E-state index in [2.05, 4.69) is 5.32 Å². The molecule has 26 heavy (non-hydrogen) atoms. The SMILES string of the molecule is Cc1cccc(NC(=O)c2ccc(=O)n(Cc3c(F)cccc3Cl)c2)c1. The lowest BCUT2D eigenvalue weighted by Gasteiger charge is -2.11. The molecule has 0 spiro atoms. The largest absolute Gasteiger partial charge is 0.322 e. The molecular formula is C20H16ClFN2O2. The number of aromatic nitrogens is 1. The smallest absolute Gasteiger partial charge is 0.257 e. The molecule has 0 fully saturated rings. The number of benzene rings is 2. The molecule has 0 bridgehead atoms. The predicted octanol–water partition coefficient (Wildman–Crippen LogP) is 4.25. The number of anilines is 1. The fourth-order valence-corrected chi connectivity index (χ4v) is 2.79. The van der Waals surface area contributed by atoms with Gasteiger partial charge in [-0.3, -0.25) is 9.59 Å². The van der Waals surface area contributed by atoms with Crippen LogP contribution in [0.4, 0.5) is 10.1 Å². The Morgan fingerprint density at radius 3 is 2.65 bits per heavy atom. The summed E-state index contributed by atoms with van der Waals surface area (Å²) in [6.07, 6.45) is 1.40. The van der Waals surface area contributed by atoms with E-state index in [0.29, 0.717) is 11.3 Å². The maximum atomic E-state index is 14.0. The van der Waals surface area contributed by atoms with Crippen molar-refractivity contribution >= 4 is 23.2 Å². The maximum Gasteiger partial charge on any atom is 0.257 e. The van der Waals surface area contributed by atoms with Crippen molar-refractivity contribution in [2.75, 3.05) is 5.32 Å². The van der Waals surface area contributed by atoms with Gasteiger partial charge in [-0.05, 0) is 42.8 Å². The minimum absolute atomic E-state index is 0.0596. The second-order valence-electron chi connectivity index (χ2n) is 5.91. The second-order valence-corrected chi connectivity index (χ2v) is 6.31. The molecule has 0 aliphatic rings. The standard InChI is InChI=1S/C20H16ClFN2O2/c1-13-4-2-5-15(10-13)23-20(26)14-8-9-19(25)24(11-14)12-16-17(21)6-3-7-18(16)22/h2-11H,12H2,1H3,(H,23,26). The Hall–Kier alpha value is -2.92. The van der Waals surface area contributed by atoms with E-state index in [9.17, 15) is 14.0 Å². The third-order valence-corrected chi connectivity index (χ3v) is 4.27. The molecule has 1 N–H and O–H groups in total. The number of nitrogens with zero attached hydrogens (tertiary/aromatic N) is 1. The van der Waals surface area contributed by atoms with Gasteiger partial charge in [0.25, 0.3) is 11.5 Å². The highest BCUT2D eigenvalue weighted by Crippen LogP contribution is 2.19. The third kappa shape index (κ3) is 4.00. The summed E-state index contributed by atoms with van der Waals surface area (Å²) in [5.41, 5.74) is 1.81. The Kier molecular flexibility index (Phi) is 5.19. The molecule has 0 aliphatic heterocycles. The molecule has 1 amide bonds. The quantitative estimate of drug-likeness (QED) is 0.746. The van der Waals surface area contributed by atoms with Gasteiger partial charge in [0.1, 0.15) is 5.82 Å². The highest BCUT2D eigenvalue weighted by atomic mass is 35.5. The fourth-order valence-electron chi connectivity index (χ4n) is 2.57. The monoisotopic (exact) mass is 370 g/mol. The zero-order chi connectivity index (χ0) is 18.7. The zero-order valence-corrected chi connectivity index (χ0v) is 14.8. The second kappa shape index (κ2) is 7.54. The summed E-state index contributed by atoms with van der Waals surface area (Å²) in [6, 6.07) is 14.4. The van der Waals surface area contributed by atoms with Gasteiger partial charge in [0, 0.05) is 28.5 Å². The topological polar surface area (TPSA) is 51.1 Å². The summed E-state index contributed by atoms with van der Waals surface area (Å²) in [7, 11) is 0. The number of amides is 1. The first-order valence-electron chi connectivity index (χ1n) is 7.95. The van der Waals surface area contributed by atoms with Gasteiger partial charge in [0.05, 0.1) is 12.1 Å². The van der Waals surface area contributed by atoms with E-state index in [-0.39, 0.29) is 28.6 Å². The van der Waals surface area contributed by atoms with Crippen LogP contribution < -0.4 is 10.9 Å². The lowest BCUT2D eigenvalue weighted by molar-refractivity contribution is 0.102. The number of pyridine rings is 1. The maximum absolute atomic E-state index is 14.0. The van der Waals surface area contributed by atoms with Crippen LogP contribution in [0.3, 0.4) is 0 Å². The molecule has 1 aromatic heterocycles. The normalized spacial score (nSPS) is 10.6. The van der Waals surface area contributed by atoms with E-state index in [1.54, 1.807) is 12.1 Å². The van der Waals surface area contributed by atoms with Gasteiger partial charge < -0.3 is 9.88 Å². The Labute approximate surface area is 154 Å². The number of carbonyl (C=O) groups is 1. The van der Waals surface area contributed by atoms with Crippen LogP contribution in [0.15, 0.2) is 65.6 Å². The molecule has 3 aromatic rings. The van der Waals surface area contributed by atoms with E-state index in [0.717, 1.165) is 5.56 Å². The van der Waals surface area contributed by atoms with Crippen molar-refractivity contribution in [1.29, 1.82) is 0 Å². The lowest BCUT2D eigenvalue weighted by Crippen LogP contribution is -2.23. The fraction of sp³-hybridized carbons (Fsp3) is 0.100. The number of rotatable bonds is 4. The predicted molar refractivity (Wildman–Crippen MR) is 100 cm³/mol. The van der Waals surface area contributed by atoms with E-state index in [1.807, 2.05) is 25.1 Å². The van der Waals surface area contributed by atoms with Crippen LogP contribution in [0.1, 0.15) is 21.5 Å². The highest BCUT2D eigenvalue weighted by molar-refractivity contribution is 6.31. The summed E-state index contributed by atoms with van der Waals surface area (Å²) in [5.74, 6) is -0.858. The van der Waals surface area contributed by atoms with Crippen LogP contribution in [0.2, 0.25) is 5.02 Å². The summed E-state index contributed by atoms with van der Waals surface area (Å²) in [6.45, 7) is 1.86. The van der Waals surface area contributed by atoms with E-state index < -0.39 is 5.82 Å². The number of hydrogen-bond donors (Lipinski definition) is 1. The van der Waals surface area contributed by atoms with E-state index in [4.69, 9.17) is 11.6 Å². The van der Waals surface area contributed by atoms with E-state index >= 15 is 0 Å². The molecule has 132 valence electrons. The van der Waals surface area contributed by atoms with Crippen molar-refractivity contribution in [2.45, 2.75) is 13.5 Å². The van der Waals surface area contributed by atoms with Gasteiger partial charge in [0.15, 0.2) is 0 Å². The average molecular weight is 371 g/mol. The molecule has 1 heterocycles. The zero-order valence-electron chi connectivity index (χ0n) is 14.0. The number of nitrogens with one attached hydrogen (secondary N) is 1. The third-order valence-electron chi connectivity index (χ3n) is 3.91. The van der Waals surface area contributed by atoms with Crippen molar-refractivity contribution < 1.29 is 9.18 Å². The molecule has 0 unspecified atom stereocenters. The van der Waals surface area contributed by atoms with Crippen LogP contribution in [0, 0.1) is 12.7 Å². The van der Waals surface area contributed by atoms with Crippen LogP contribution >= 0.6 is 11.6 Å². The molecular weight excluding hydrogens is 355 g/mol. The Morgan fingerprint density at radius 2 is 1.92 bits per heavy atom. The first kappa shape index (κ1) is 17.9. The van der Waals surface area contributed by atoms with Crippen molar-refractivity contribution in [3.05, 3.63) is 98.7 Å². The molecule has 0 aliphatic carbocycles. The lowest BCUT2D eigenvalue weighted by atomic mass is 10.2. The van der Waals surface area contributed by atoms with Crippen molar-refractivity contribution in [3.63, 3.8) is 0 Å². The molecule has 4 nitrogen and oxygen atoms in total. The average Bonchev–Trinajstić information content (AvgIpc) is 2.59. The highest BCUT2D eigenvalue weighted by Gasteiger charge is 2.12. The Bertz CT molecular complexity index is 1010. The number of halogens is 2. The summed E-state index contributed by atoms with van der Waals surface area (Å²) in [4.78, 5) is 24.5. The van der Waals surface area contributed by atoms with Gasteiger partial charge in [-0.25, -0.2) is 4.39 Å². The van der Waals surface area contributed by atoms with Gasteiger partial charge in [-0.2, -0.15) is 0 Å². The number of hydrogen-bond acceptors (Lipinski definition) is 2. The summed E-state index contributed by atoms with van der Waals surface area (Å²) >= 11 is 6.02. The van der Waals surface area contributed by atoms with Crippen molar-refractivity contribution in [3.8, 4) is 0 Å². The number of carbonyl (C=O) groups excluding carboxylic acids is 1. The summed E-state index contributed by atoms with van der Waals surface area (Å²) in [5, 5.41) is 3.01. The van der Waals surface area contributed by atoms with Crippen LogP contribution in [0.5, 0.6) is 0 Å². The first-order chi connectivity index (χ1) is 12.4. The van der Waals surface area contributed by atoms with Gasteiger partial charge in [-0.15, -0.1) is 0 Å². The van der Waals surface area contributed by atoms with Crippen LogP contribution in [0.25, 0.3) is 0 Å². The molecule has 0 atom stereocenters. The summed E-state index contributed by atoms with van der Waals surface area (Å²) < 4.78 is 15.2. The molecule has 0 saturated carbocycles. The van der Waals surface area contributed by atoms with Gasteiger partial charge >= 0.3 is 0 Å². The molecule has 3 rings (SSSR count). The number of aryl methyl sites for hydroxylation is 1. The minimum Gasteiger partial charge on any atom is -0.322 e. The Balaban J connectivity index is 1.88. The van der Waals surface area contributed by atoms with Crippen molar-refractivity contribution in [2.24, 2.45) is 0 Å². The molecule has 0 saturated heterocycles. The molecule has 2 aromatic carbocycles. The van der Waals surface area contributed by atoms with Crippen LogP contribution in [-0.4, -0.2) is 10.5 Å². The Morgan fingerprint density at radius 1 is 1.15 bits per heavy atom. The van der Waals surface area contributed by atoms with Crippen LogP contribution in [-0.2, 0) is 6.54 Å². The van der Waals surface area contributed by atoms with Gasteiger partial charge in [0.2, 0.25) is 0 Å². The van der Waals surface area contributed by atoms with Crippen molar-refractivity contribution in [1.82, 2.24) is 4.57 Å².